The van der Waals surface area contributed by atoms with E-state index in [0.717, 1.165) is 12.8 Å². The monoisotopic (exact) mass is 259 g/mol. The number of aliphatic hydroxyl groups excluding tert-OH is 1. The Hall–Kier alpha value is -0.580. The van der Waals surface area contributed by atoms with E-state index in [9.17, 15) is 9.90 Å². The third-order valence-corrected chi connectivity index (χ3v) is 3.92. The highest BCUT2D eigenvalue weighted by molar-refractivity contribution is 7.17. The van der Waals surface area contributed by atoms with Gasteiger partial charge < -0.3 is 10.4 Å². The van der Waals surface area contributed by atoms with Gasteiger partial charge in [-0.3, -0.25) is 4.79 Å². The molecule has 1 aromatic rings. The predicted molar refractivity (Wildman–Crippen MR) is 65.0 cm³/mol. The van der Waals surface area contributed by atoms with E-state index in [1.165, 1.54) is 11.3 Å². The summed E-state index contributed by atoms with van der Waals surface area (Å²) in [6.45, 7) is 0.520. The first-order valence-electron chi connectivity index (χ1n) is 5.38. The van der Waals surface area contributed by atoms with Gasteiger partial charge in [-0.2, -0.15) is 0 Å². The molecule has 0 radical (unpaired) electrons. The molecule has 1 fully saturated rings. The number of carbonyl (C=O) groups is 1. The molecule has 2 N–H and O–H groups in total. The third-order valence-electron chi connectivity index (χ3n) is 2.69. The Morgan fingerprint density at radius 3 is 2.94 bits per heavy atom. The molecule has 0 saturated heterocycles. The lowest BCUT2D eigenvalue weighted by Crippen LogP contribution is -2.27. The summed E-state index contributed by atoms with van der Waals surface area (Å²) in [5.41, 5.74) is 0. The van der Waals surface area contributed by atoms with Crippen LogP contribution in [0.2, 0.25) is 4.34 Å². The van der Waals surface area contributed by atoms with Crippen molar-refractivity contribution in [3.63, 3.8) is 0 Å². The van der Waals surface area contributed by atoms with Crippen molar-refractivity contribution in [1.82, 2.24) is 5.32 Å². The SMILES string of the molecule is O=C(NCCC(O)C1CC1)c1ccc(Cl)s1. The fourth-order valence-corrected chi connectivity index (χ4v) is 2.53. The molecular formula is C11H14ClNO2S. The van der Waals surface area contributed by atoms with Gasteiger partial charge in [-0.25, -0.2) is 0 Å². The first-order valence-corrected chi connectivity index (χ1v) is 6.58. The fraction of sp³-hybridized carbons (Fsp3) is 0.545. The van der Waals surface area contributed by atoms with Gasteiger partial charge in [-0.1, -0.05) is 11.6 Å². The van der Waals surface area contributed by atoms with E-state index in [0.29, 0.717) is 28.1 Å². The number of carbonyl (C=O) groups excluding carboxylic acids is 1. The van der Waals surface area contributed by atoms with Crippen LogP contribution in [0.4, 0.5) is 0 Å². The van der Waals surface area contributed by atoms with Crippen LogP contribution in [0.3, 0.4) is 0 Å². The molecule has 0 aromatic carbocycles. The van der Waals surface area contributed by atoms with Crippen molar-refractivity contribution >= 4 is 28.8 Å². The van der Waals surface area contributed by atoms with Crippen molar-refractivity contribution in [3.05, 3.63) is 21.3 Å². The molecule has 3 nitrogen and oxygen atoms in total. The summed E-state index contributed by atoms with van der Waals surface area (Å²) in [5, 5.41) is 12.4. The average Bonchev–Trinajstić information content (AvgIpc) is 3.01. The van der Waals surface area contributed by atoms with Crippen LogP contribution in [0.15, 0.2) is 12.1 Å². The lowest BCUT2D eigenvalue weighted by Gasteiger charge is -2.09. The van der Waals surface area contributed by atoms with Crippen LogP contribution in [0.1, 0.15) is 28.9 Å². The highest BCUT2D eigenvalue weighted by Gasteiger charge is 2.29. The van der Waals surface area contributed by atoms with E-state index < -0.39 is 0 Å². The highest BCUT2D eigenvalue weighted by Crippen LogP contribution is 2.33. The molecule has 1 atom stereocenters. The zero-order valence-corrected chi connectivity index (χ0v) is 10.4. The summed E-state index contributed by atoms with van der Waals surface area (Å²) in [4.78, 5) is 12.2. The quantitative estimate of drug-likeness (QED) is 0.853. The maximum Gasteiger partial charge on any atom is 0.261 e. The number of hydrogen-bond acceptors (Lipinski definition) is 3. The molecule has 1 aliphatic carbocycles. The van der Waals surface area contributed by atoms with Gasteiger partial charge >= 0.3 is 0 Å². The molecule has 5 heteroatoms. The lowest BCUT2D eigenvalue weighted by molar-refractivity contribution is 0.0941. The van der Waals surface area contributed by atoms with Gasteiger partial charge in [0.25, 0.3) is 5.91 Å². The van der Waals surface area contributed by atoms with Crippen molar-refractivity contribution in [2.75, 3.05) is 6.54 Å². The van der Waals surface area contributed by atoms with Crippen molar-refractivity contribution in [2.45, 2.75) is 25.4 Å². The summed E-state index contributed by atoms with van der Waals surface area (Å²) >= 11 is 7.00. The number of thiophene rings is 1. The summed E-state index contributed by atoms with van der Waals surface area (Å²) in [7, 11) is 0. The zero-order chi connectivity index (χ0) is 11.5. The van der Waals surface area contributed by atoms with Gasteiger partial charge in [-0.05, 0) is 37.3 Å². The maximum atomic E-state index is 11.6. The van der Waals surface area contributed by atoms with Crippen molar-refractivity contribution < 1.29 is 9.90 Å². The second kappa shape index (κ2) is 5.17. The second-order valence-corrected chi connectivity index (χ2v) is 5.77. The summed E-state index contributed by atoms with van der Waals surface area (Å²) in [6, 6.07) is 3.42. The number of halogens is 1. The number of nitrogens with one attached hydrogen (secondary N) is 1. The first-order chi connectivity index (χ1) is 7.66. The summed E-state index contributed by atoms with van der Waals surface area (Å²) in [6.07, 6.45) is 2.62. The Labute approximate surface area is 103 Å². The third kappa shape index (κ3) is 3.20. The minimum Gasteiger partial charge on any atom is -0.393 e. The predicted octanol–water partition coefficient (Wildman–Crippen LogP) is 2.29. The lowest BCUT2D eigenvalue weighted by atomic mass is 10.1. The Bertz CT molecular complexity index is 376. The Morgan fingerprint density at radius 2 is 2.38 bits per heavy atom. The number of aliphatic hydroxyl groups is 1. The van der Waals surface area contributed by atoms with E-state index in [1.807, 2.05) is 0 Å². The Kier molecular flexibility index (Phi) is 3.84. The summed E-state index contributed by atoms with van der Waals surface area (Å²) < 4.78 is 0.614. The maximum absolute atomic E-state index is 11.6. The molecule has 1 aromatic heterocycles. The topological polar surface area (TPSA) is 49.3 Å². The van der Waals surface area contributed by atoms with Crippen LogP contribution in [-0.4, -0.2) is 23.7 Å². The average molecular weight is 260 g/mol. The zero-order valence-electron chi connectivity index (χ0n) is 8.78. The van der Waals surface area contributed by atoms with Crippen LogP contribution in [0.25, 0.3) is 0 Å². The molecule has 1 amide bonds. The molecule has 2 rings (SSSR count). The van der Waals surface area contributed by atoms with E-state index >= 15 is 0 Å². The van der Waals surface area contributed by atoms with Crippen molar-refractivity contribution in [3.8, 4) is 0 Å². The summed E-state index contributed by atoms with van der Waals surface area (Å²) in [5.74, 6) is 0.355. The van der Waals surface area contributed by atoms with E-state index in [2.05, 4.69) is 5.32 Å². The van der Waals surface area contributed by atoms with Crippen LogP contribution in [-0.2, 0) is 0 Å². The first kappa shape index (κ1) is 11.9. The van der Waals surface area contributed by atoms with Crippen molar-refractivity contribution in [1.29, 1.82) is 0 Å². The second-order valence-electron chi connectivity index (χ2n) is 4.05. The molecule has 0 spiro atoms. The van der Waals surface area contributed by atoms with Gasteiger partial charge in [-0.15, -0.1) is 11.3 Å². The van der Waals surface area contributed by atoms with Gasteiger partial charge in [0.05, 0.1) is 15.3 Å². The minimum atomic E-state index is -0.257. The molecular weight excluding hydrogens is 246 g/mol. The van der Waals surface area contributed by atoms with Crippen LogP contribution in [0, 0.1) is 5.92 Å². The molecule has 0 bridgehead atoms. The van der Waals surface area contributed by atoms with Crippen LogP contribution < -0.4 is 5.32 Å². The van der Waals surface area contributed by atoms with Crippen LogP contribution in [0.5, 0.6) is 0 Å². The van der Waals surface area contributed by atoms with E-state index in [4.69, 9.17) is 11.6 Å². The van der Waals surface area contributed by atoms with Gasteiger partial charge in [0, 0.05) is 6.54 Å². The number of hydrogen-bond donors (Lipinski definition) is 2. The molecule has 88 valence electrons. The number of amides is 1. The Balaban J connectivity index is 1.71. The molecule has 1 aliphatic rings. The molecule has 1 heterocycles. The van der Waals surface area contributed by atoms with Crippen LogP contribution >= 0.6 is 22.9 Å². The molecule has 1 unspecified atom stereocenters. The fourth-order valence-electron chi connectivity index (χ4n) is 1.57. The van der Waals surface area contributed by atoms with Gasteiger partial charge in [0.1, 0.15) is 0 Å². The molecule has 16 heavy (non-hydrogen) atoms. The molecule has 1 saturated carbocycles. The Morgan fingerprint density at radius 1 is 1.62 bits per heavy atom. The standard InChI is InChI=1S/C11H14ClNO2S/c12-10-4-3-9(16-10)11(15)13-6-5-8(14)7-1-2-7/h3-4,7-8,14H,1-2,5-6H2,(H,13,15). The van der Waals surface area contributed by atoms with E-state index in [1.54, 1.807) is 12.1 Å². The molecule has 0 aliphatic heterocycles. The van der Waals surface area contributed by atoms with E-state index in [-0.39, 0.29) is 12.0 Å². The highest BCUT2D eigenvalue weighted by atomic mass is 35.5. The largest absolute Gasteiger partial charge is 0.393 e. The van der Waals surface area contributed by atoms with Gasteiger partial charge in [0.2, 0.25) is 0 Å². The number of rotatable bonds is 5. The van der Waals surface area contributed by atoms with Crippen molar-refractivity contribution in [2.24, 2.45) is 5.92 Å². The van der Waals surface area contributed by atoms with Gasteiger partial charge in [0.15, 0.2) is 0 Å². The normalized spacial score (nSPS) is 17.1. The smallest absolute Gasteiger partial charge is 0.261 e. The minimum absolute atomic E-state index is 0.111.